The molecule has 0 aromatic heterocycles. The highest BCUT2D eigenvalue weighted by atomic mass is 16.1. The number of anilines is 1. The second-order valence-corrected chi connectivity index (χ2v) is 6.55. The molecule has 0 fully saturated rings. The number of allylic oxidation sites excluding steroid dienone is 4. The largest absolute Gasteiger partial charge is 0.384 e. The number of fused-ring (bicyclic) bond motifs is 2. The molecule has 1 atom stereocenters. The fourth-order valence-electron chi connectivity index (χ4n) is 3.73. The Labute approximate surface area is 142 Å². The predicted molar refractivity (Wildman–Crippen MR) is 98.7 cm³/mol. The molecule has 3 aliphatic rings. The molecule has 0 amide bonds. The van der Waals surface area contributed by atoms with E-state index in [1.165, 1.54) is 11.3 Å². The van der Waals surface area contributed by atoms with Gasteiger partial charge in [-0.25, -0.2) is 0 Å². The molecule has 0 saturated carbocycles. The van der Waals surface area contributed by atoms with E-state index in [1.807, 2.05) is 6.07 Å². The van der Waals surface area contributed by atoms with E-state index in [0.29, 0.717) is 18.8 Å². The van der Waals surface area contributed by atoms with Crippen LogP contribution >= 0.6 is 0 Å². The number of rotatable bonds is 4. The van der Waals surface area contributed by atoms with Crippen molar-refractivity contribution in [3.63, 3.8) is 0 Å². The van der Waals surface area contributed by atoms with E-state index in [2.05, 4.69) is 59.2 Å². The Hall–Kier alpha value is -2.55. The summed E-state index contributed by atoms with van der Waals surface area (Å²) in [5, 5.41) is 6.86. The minimum atomic E-state index is 0.268. The first-order valence-electron chi connectivity index (χ1n) is 8.65. The third-order valence-electron chi connectivity index (χ3n) is 4.86. The van der Waals surface area contributed by atoms with Crippen molar-refractivity contribution in [3.05, 3.63) is 71.0 Å². The van der Waals surface area contributed by atoms with Crippen LogP contribution in [0.25, 0.3) is 6.08 Å². The standard InChI is InChI=1S/C21H22N2O/c24-19(13-17-7-1-5-15-9-3-11-22-20(15)17)14-18-8-2-6-16-10-4-12-23-21(16)18/h1-5,7-10,16,22-23H,6,11-14H2. The highest BCUT2D eigenvalue weighted by Crippen LogP contribution is 2.30. The Kier molecular flexibility index (Phi) is 4.08. The van der Waals surface area contributed by atoms with Crippen molar-refractivity contribution in [1.82, 2.24) is 5.32 Å². The van der Waals surface area contributed by atoms with Crippen molar-refractivity contribution in [2.45, 2.75) is 19.3 Å². The Balaban J connectivity index is 1.52. The highest BCUT2D eigenvalue weighted by molar-refractivity contribution is 5.87. The molecule has 2 aliphatic heterocycles. The van der Waals surface area contributed by atoms with E-state index >= 15 is 0 Å². The lowest BCUT2D eigenvalue weighted by molar-refractivity contribution is -0.117. The molecule has 3 nitrogen and oxygen atoms in total. The van der Waals surface area contributed by atoms with Crippen LogP contribution in [0, 0.1) is 5.92 Å². The van der Waals surface area contributed by atoms with Gasteiger partial charge in [-0.3, -0.25) is 4.79 Å². The van der Waals surface area contributed by atoms with Crippen molar-refractivity contribution in [2.75, 3.05) is 18.4 Å². The van der Waals surface area contributed by atoms with Gasteiger partial charge in [-0.1, -0.05) is 54.7 Å². The number of benzene rings is 1. The Morgan fingerprint density at radius 2 is 1.96 bits per heavy atom. The van der Waals surface area contributed by atoms with Gasteiger partial charge in [0.2, 0.25) is 0 Å². The summed E-state index contributed by atoms with van der Waals surface area (Å²) in [6.45, 7) is 1.69. The molecular weight excluding hydrogens is 296 g/mol. The van der Waals surface area contributed by atoms with E-state index in [1.54, 1.807) is 0 Å². The SMILES string of the molecule is O=C(CC1=C2NCC=CC2CC=C1)Cc1cccc2c1NCC=C2. The average Bonchev–Trinajstić information content (AvgIpc) is 2.62. The fraction of sp³-hybridized carbons (Fsp3) is 0.286. The second kappa shape index (κ2) is 6.52. The minimum Gasteiger partial charge on any atom is -0.384 e. The van der Waals surface area contributed by atoms with Crippen LogP contribution in [-0.2, 0) is 11.2 Å². The number of para-hydroxylation sites is 1. The van der Waals surface area contributed by atoms with Gasteiger partial charge in [0.15, 0.2) is 0 Å². The number of hydrogen-bond acceptors (Lipinski definition) is 3. The molecule has 2 heterocycles. The molecule has 1 aliphatic carbocycles. The molecule has 4 rings (SSSR count). The Morgan fingerprint density at radius 1 is 1.04 bits per heavy atom. The summed E-state index contributed by atoms with van der Waals surface area (Å²) >= 11 is 0. The highest BCUT2D eigenvalue weighted by Gasteiger charge is 2.21. The first-order valence-corrected chi connectivity index (χ1v) is 8.65. The van der Waals surface area contributed by atoms with Crippen molar-refractivity contribution < 1.29 is 4.79 Å². The van der Waals surface area contributed by atoms with Crippen LogP contribution < -0.4 is 10.6 Å². The van der Waals surface area contributed by atoms with Crippen LogP contribution in [0.1, 0.15) is 24.0 Å². The van der Waals surface area contributed by atoms with Crippen LogP contribution in [-0.4, -0.2) is 18.9 Å². The number of carbonyl (C=O) groups excluding carboxylic acids is 1. The third-order valence-corrected chi connectivity index (χ3v) is 4.86. The van der Waals surface area contributed by atoms with E-state index < -0.39 is 0 Å². The summed E-state index contributed by atoms with van der Waals surface area (Å²) in [5.41, 5.74) is 5.77. The Morgan fingerprint density at radius 3 is 2.92 bits per heavy atom. The van der Waals surface area contributed by atoms with E-state index in [0.717, 1.165) is 36.3 Å². The minimum absolute atomic E-state index is 0.268. The second-order valence-electron chi connectivity index (χ2n) is 6.55. The lowest BCUT2D eigenvalue weighted by Crippen LogP contribution is -2.27. The average molecular weight is 318 g/mol. The lowest BCUT2D eigenvalue weighted by Gasteiger charge is -2.27. The molecule has 122 valence electrons. The molecule has 1 unspecified atom stereocenters. The molecule has 24 heavy (non-hydrogen) atoms. The van der Waals surface area contributed by atoms with Crippen molar-refractivity contribution >= 4 is 17.5 Å². The summed E-state index contributed by atoms with van der Waals surface area (Å²) in [6, 6.07) is 6.18. The third kappa shape index (κ3) is 2.94. The predicted octanol–water partition coefficient (Wildman–Crippen LogP) is 3.62. The molecule has 3 heteroatoms. The van der Waals surface area contributed by atoms with Gasteiger partial charge in [0.05, 0.1) is 0 Å². The van der Waals surface area contributed by atoms with Crippen molar-refractivity contribution in [1.29, 1.82) is 0 Å². The van der Waals surface area contributed by atoms with Gasteiger partial charge in [0.1, 0.15) is 5.78 Å². The number of nitrogens with one attached hydrogen (secondary N) is 2. The molecule has 0 saturated heterocycles. The normalized spacial score (nSPS) is 20.9. The summed E-state index contributed by atoms with van der Waals surface area (Å²) in [6.07, 6.45) is 15.0. The molecule has 1 aromatic rings. The van der Waals surface area contributed by atoms with Gasteiger partial charge in [-0.15, -0.1) is 0 Å². The molecule has 0 bridgehead atoms. The summed E-state index contributed by atoms with van der Waals surface area (Å²) in [7, 11) is 0. The van der Waals surface area contributed by atoms with Crippen LogP contribution in [0.3, 0.4) is 0 Å². The van der Waals surface area contributed by atoms with Gasteiger partial charge in [0.25, 0.3) is 0 Å². The maximum Gasteiger partial charge on any atom is 0.141 e. The lowest BCUT2D eigenvalue weighted by atomic mass is 9.87. The monoisotopic (exact) mass is 318 g/mol. The number of Topliss-reactive ketones (excluding diaryl/α,β-unsaturated/α-hetero) is 1. The van der Waals surface area contributed by atoms with E-state index in [9.17, 15) is 4.79 Å². The molecular formula is C21H22N2O. The maximum atomic E-state index is 12.7. The smallest absolute Gasteiger partial charge is 0.141 e. The summed E-state index contributed by atoms with van der Waals surface area (Å²) < 4.78 is 0. The van der Waals surface area contributed by atoms with Gasteiger partial charge < -0.3 is 10.6 Å². The molecule has 1 aromatic carbocycles. The Bertz CT molecular complexity index is 783. The summed E-state index contributed by atoms with van der Waals surface area (Å²) in [4.78, 5) is 12.7. The number of hydrogen-bond donors (Lipinski definition) is 2. The topological polar surface area (TPSA) is 41.1 Å². The zero-order valence-corrected chi connectivity index (χ0v) is 13.7. The van der Waals surface area contributed by atoms with Gasteiger partial charge in [0, 0.05) is 43.2 Å². The zero-order valence-electron chi connectivity index (χ0n) is 13.7. The van der Waals surface area contributed by atoms with Gasteiger partial charge in [-0.2, -0.15) is 0 Å². The van der Waals surface area contributed by atoms with Crippen LogP contribution in [0.15, 0.2) is 59.8 Å². The van der Waals surface area contributed by atoms with Gasteiger partial charge >= 0.3 is 0 Å². The fourth-order valence-corrected chi connectivity index (χ4v) is 3.73. The van der Waals surface area contributed by atoms with Gasteiger partial charge in [-0.05, 0) is 23.1 Å². The van der Waals surface area contributed by atoms with Crippen LogP contribution in [0.2, 0.25) is 0 Å². The summed E-state index contributed by atoms with van der Waals surface area (Å²) in [5.74, 6) is 0.687. The van der Waals surface area contributed by atoms with Crippen LogP contribution in [0.5, 0.6) is 0 Å². The van der Waals surface area contributed by atoms with Crippen molar-refractivity contribution in [3.8, 4) is 0 Å². The van der Waals surface area contributed by atoms with E-state index in [4.69, 9.17) is 0 Å². The van der Waals surface area contributed by atoms with Crippen LogP contribution in [0.4, 0.5) is 5.69 Å². The van der Waals surface area contributed by atoms with Crippen molar-refractivity contribution in [2.24, 2.45) is 5.92 Å². The first-order chi connectivity index (χ1) is 11.8. The number of carbonyl (C=O) groups is 1. The van der Waals surface area contributed by atoms with E-state index in [-0.39, 0.29) is 5.78 Å². The molecule has 2 N–H and O–H groups in total. The molecule has 0 spiro atoms. The number of ketones is 1. The first kappa shape index (κ1) is 15.0. The quantitative estimate of drug-likeness (QED) is 0.833. The maximum absolute atomic E-state index is 12.7. The molecule has 0 radical (unpaired) electrons. The zero-order chi connectivity index (χ0) is 16.4.